The highest BCUT2D eigenvalue weighted by Gasteiger charge is 2.29. The van der Waals surface area contributed by atoms with E-state index in [9.17, 15) is 8.78 Å². The van der Waals surface area contributed by atoms with Crippen molar-refractivity contribution in [1.29, 1.82) is 0 Å². The van der Waals surface area contributed by atoms with Crippen LogP contribution in [0.4, 0.5) is 8.78 Å². The van der Waals surface area contributed by atoms with Crippen molar-refractivity contribution in [3.8, 4) is 0 Å². The molecule has 0 atom stereocenters. The van der Waals surface area contributed by atoms with Gasteiger partial charge in [-0.1, -0.05) is 34.6 Å². The first-order valence-corrected chi connectivity index (χ1v) is 3.88. The Kier molecular flexibility index (Phi) is 7.05. The fraction of sp³-hybridized carbons (Fsp3) is 1.00. The van der Waals surface area contributed by atoms with E-state index in [1.807, 2.05) is 13.8 Å². The zero-order chi connectivity index (χ0) is 8.78. The summed E-state index contributed by atoms with van der Waals surface area (Å²) in [6.45, 7) is 8.56. The average Bonchev–Trinajstić information content (AvgIpc) is 1.92. The third-order valence-corrected chi connectivity index (χ3v) is 1.32. The van der Waals surface area contributed by atoms with Crippen LogP contribution in [0.15, 0.2) is 0 Å². The highest BCUT2D eigenvalue weighted by molar-refractivity contribution is 4.66. The van der Waals surface area contributed by atoms with Crippen LogP contribution in [0.25, 0.3) is 0 Å². The summed E-state index contributed by atoms with van der Waals surface area (Å²) in [5.41, 5.74) is 0. The minimum Gasteiger partial charge on any atom is -0.207 e. The van der Waals surface area contributed by atoms with Gasteiger partial charge in [0.05, 0.1) is 0 Å². The van der Waals surface area contributed by atoms with E-state index in [2.05, 4.69) is 0 Å². The molecule has 0 rings (SSSR count). The predicted octanol–water partition coefficient (Wildman–Crippen LogP) is 3.71. The smallest absolute Gasteiger partial charge is 0.207 e. The van der Waals surface area contributed by atoms with Crippen molar-refractivity contribution in [2.24, 2.45) is 5.92 Å². The summed E-state index contributed by atoms with van der Waals surface area (Å²) in [7, 11) is 0. The number of hydrogen-bond donors (Lipinski definition) is 0. The molecule has 0 amide bonds. The van der Waals surface area contributed by atoms with Crippen LogP contribution in [0, 0.1) is 5.92 Å². The van der Waals surface area contributed by atoms with Crippen LogP contribution in [-0.4, -0.2) is 5.92 Å². The summed E-state index contributed by atoms with van der Waals surface area (Å²) in [5, 5.41) is 0. The van der Waals surface area contributed by atoms with Gasteiger partial charge in [0.25, 0.3) is 0 Å². The molecule has 0 aliphatic rings. The molecule has 0 heterocycles. The lowest BCUT2D eigenvalue weighted by Gasteiger charge is -2.17. The molecule has 0 unspecified atom stereocenters. The first-order chi connectivity index (χ1) is 4.50. The molecule has 0 nitrogen and oxygen atoms in total. The predicted molar refractivity (Wildman–Crippen MR) is 41.4 cm³/mol. The van der Waals surface area contributed by atoms with Crippen molar-refractivity contribution in [3.05, 3.63) is 0 Å². The van der Waals surface area contributed by atoms with Crippen molar-refractivity contribution in [1.82, 2.24) is 0 Å². The summed E-state index contributed by atoms with van der Waals surface area (Å²) in [6.07, 6.45) is -0.0509. The lowest BCUT2D eigenvalue weighted by Crippen LogP contribution is -2.21. The zero-order valence-electron chi connectivity index (χ0n) is 7.54. The van der Waals surface area contributed by atoms with Crippen LogP contribution in [0.5, 0.6) is 0 Å². The molecule has 0 radical (unpaired) electrons. The van der Waals surface area contributed by atoms with Crippen LogP contribution in [0.2, 0.25) is 0 Å². The largest absolute Gasteiger partial charge is 0.250 e. The van der Waals surface area contributed by atoms with Crippen LogP contribution < -0.4 is 0 Å². The van der Waals surface area contributed by atoms with Gasteiger partial charge in [0.15, 0.2) is 0 Å². The molecule has 0 saturated carbocycles. The van der Waals surface area contributed by atoms with E-state index in [0.717, 1.165) is 0 Å². The second-order valence-corrected chi connectivity index (χ2v) is 2.27. The molecule has 0 bridgehead atoms. The Morgan fingerprint density at radius 2 is 1.50 bits per heavy atom. The Hall–Kier alpha value is -0.140. The van der Waals surface area contributed by atoms with Gasteiger partial charge in [0, 0.05) is 12.3 Å². The van der Waals surface area contributed by atoms with Gasteiger partial charge >= 0.3 is 0 Å². The van der Waals surface area contributed by atoms with E-state index in [1.54, 1.807) is 0 Å². The molecule has 0 aliphatic heterocycles. The van der Waals surface area contributed by atoms with Gasteiger partial charge in [-0.25, -0.2) is 8.78 Å². The van der Waals surface area contributed by atoms with E-state index in [0.29, 0.717) is 0 Å². The molecular weight excluding hydrogens is 134 g/mol. The quantitative estimate of drug-likeness (QED) is 0.565. The Morgan fingerprint density at radius 1 is 1.20 bits per heavy atom. The Morgan fingerprint density at radius 3 is 1.50 bits per heavy atom. The molecule has 0 aromatic heterocycles. The highest BCUT2D eigenvalue weighted by atomic mass is 19.3. The molecule has 0 aliphatic carbocycles. The van der Waals surface area contributed by atoms with Gasteiger partial charge in [-0.15, -0.1) is 0 Å². The summed E-state index contributed by atoms with van der Waals surface area (Å²) < 4.78 is 24.6. The van der Waals surface area contributed by atoms with Crippen molar-refractivity contribution < 1.29 is 8.78 Å². The standard InChI is InChI=1S/C6H12F2.C2H6/c1-4-6(7,8)5(2)3;1-2/h5H,4H2,1-3H3;1-2H3. The molecule has 0 spiro atoms. The van der Waals surface area contributed by atoms with Crippen LogP contribution >= 0.6 is 0 Å². The number of halogens is 2. The summed E-state index contributed by atoms with van der Waals surface area (Å²) >= 11 is 0. The van der Waals surface area contributed by atoms with Crippen LogP contribution in [-0.2, 0) is 0 Å². The molecular formula is C8H18F2. The Balaban J connectivity index is 0. The molecule has 0 saturated heterocycles. The van der Waals surface area contributed by atoms with Gasteiger partial charge in [0.1, 0.15) is 0 Å². The van der Waals surface area contributed by atoms with Crippen molar-refractivity contribution in [2.45, 2.75) is 47.0 Å². The first-order valence-electron chi connectivity index (χ1n) is 3.88. The number of hydrogen-bond acceptors (Lipinski definition) is 0. The van der Waals surface area contributed by atoms with E-state index < -0.39 is 11.8 Å². The molecule has 64 valence electrons. The van der Waals surface area contributed by atoms with Gasteiger partial charge < -0.3 is 0 Å². The molecule has 0 N–H and O–H groups in total. The summed E-state index contributed by atoms with van der Waals surface area (Å²) in [5.74, 6) is -2.98. The lowest BCUT2D eigenvalue weighted by molar-refractivity contribution is -0.0477. The third-order valence-electron chi connectivity index (χ3n) is 1.32. The van der Waals surface area contributed by atoms with Gasteiger partial charge in [-0.05, 0) is 0 Å². The molecule has 10 heavy (non-hydrogen) atoms. The Bertz CT molecular complexity index is 67.7. The summed E-state index contributed by atoms with van der Waals surface area (Å²) in [6, 6.07) is 0. The molecule has 0 aromatic carbocycles. The maximum atomic E-state index is 12.3. The highest BCUT2D eigenvalue weighted by Crippen LogP contribution is 2.26. The van der Waals surface area contributed by atoms with Crippen molar-refractivity contribution in [2.75, 3.05) is 0 Å². The van der Waals surface area contributed by atoms with E-state index in [4.69, 9.17) is 0 Å². The zero-order valence-corrected chi connectivity index (χ0v) is 7.54. The maximum absolute atomic E-state index is 12.3. The lowest BCUT2D eigenvalue weighted by atomic mass is 10.0. The molecule has 0 aromatic rings. The van der Waals surface area contributed by atoms with Crippen LogP contribution in [0.3, 0.4) is 0 Å². The van der Waals surface area contributed by atoms with Gasteiger partial charge in [0.2, 0.25) is 5.92 Å². The van der Waals surface area contributed by atoms with E-state index in [-0.39, 0.29) is 6.42 Å². The SMILES string of the molecule is CC.CCC(F)(F)C(C)C. The van der Waals surface area contributed by atoms with Crippen LogP contribution in [0.1, 0.15) is 41.0 Å². The minimum atomic E-state index is -2.46. The number of rotatable bonds is 2. The first kappa shape index (κ1) is 12.5. The average molecular weight is 152 g/mol. The molecule has 0 fully saturated rings. The van der Waals surface area contributed by atoms with Gasteiger partial charge in [-0.3, -0.25) is 0 Å². The third kappa shape index (κ3) is 4.71. The van der Waals surface area contributed by atoms with Crippen molar-refractivity contribution >= 4 is 0 Å². The fourth-order valence-corrected chi connectivity index (χ4v) is 0.408. The normalized spacial score (nSPS) is 10.8. The Labute approximate surface area is 62.6 Å². The van der Waals surface area contributed by atoms with E-state index in [1.165, 1.54) is 20.8 Å². The maximum Gasteiger partial charge on any atom is 0.250 e. The van der Waals surface area contributed by atoms with Gasteiger partial charge in [-0.2, -0.15) is 0 Å². The summed E-state index contributed by atoms with van der Waals surface area (Å²) in [4.78, 5) is 0. The second kappa shape index (κ2) is 5.63. The second-order valence-electron chi connectivity index (χ2n) is 2.27. The number of alkyl halides is 2. The topological polar surface area (TPSA) is 0 Å². The van der Waals surface area contributed by atoms with Crippen molar-refractivity contribution in [3.63, 3.8) is 0 Å². The fourth-order valence-electron chi connectivity index (χ4n) is 0.408. The molecule has 2 heteroatoms. The minimum absolute atomic E-state index is 0.0509. The van der Waals surface area contributed by atoms with E-state index >= 15 is 0 Å². The monoisotopic (exact) mass is 152 g/mol.